The van der Waals surface area contributed by atoms with Crippen LogP contribution >= 0.6 is 24.0 Å². The maximum Gasteiger partial charge on any atom is 0.352 e. The lowest BCUT2D eigenvalue weighted by Crippen LogP contribution is -2.51. The molecule has 0 saturated carbocycles. The molecule has 2 aromatic carbocycles. The fourth-order valence-electron chi connectivity index (χ4n) is 3.74. The number of hydrogen-bond acceptors (Lipinski definition) is 4. The molecule has 1 saturated heterocycles. The van der Waals surface area contributed by atoms with Crippen molar-refractivity contribution in [1.29, 1.82) is 0 Å². The second-order valence-corrected chi connectivity index (χ2v) is 9.81. The number of alkyl halides is 2. The number of carbonyl (C=O) groups is 1. The number of hydrogen-bond donors (Lipinski definition) is 1. The van der Waals surface area contributed by atoms with Crippen molar-refractivity contribution in [3.63, 3.8) is 0 Å². The van der Waals surface area contributed by atoms with Crippen LogP contribution in [0.2, 0.25) is 5.02 Å². The first-order chi connectivity index (χ1) is 15.1. The highest BCUT2D eigenvalue weighted by molar-refractivity contribution is 7.87. The summed E-state index contributed by atoms with van der Waals surface area (Å²) in [4.78, 5) is 12.8. The van der Waals surface area contributed by atoms with Crippen molar-refractivity contribution in [2.24, 2.45) is 5.10 Å². The molecule has 1 N–H and O–H groups in total. The van der Waals surface area contributed by atoms with Gasteiger partial charge in [0, 0.05) is 36.9 Å². The zero-order chi connectivity index (χ0) is 22.9. The van der Waals surface area contributed by atoms with E-state index in [1.807, 2.05) is 35.1 Å². The molecule has 0 aromatic heterocycles. The van der Waals surface area contributed by atoms with Crippen LogP contribution in [0.3, 0.4) is 0 Å². The second-order valence-electron chi connectivity index (χ2n) is 7.70. The quantitative estimate of drug-likeness (QED) is 0.656. The molecule has 2 aromatic rings. The van der Waals surface area contributed by atoms with Crippen molar-refractivity contribution in [2.75, 3.05) is 19.6 Å². The van der Waals surface area contributed by atoms with Crippen LogP contribution in [0.25, 0.3) is 0 Å². The van der Waals surface area contributed by atoms with E-state index in [9.17, 15) is 22.0 Å². The van der Waals surface area contributed by atoms with Gasteiger partial charge in [-0.1, -0.05) is 54.1 Å². The molecule has 178 valence electrons. The van der Waals surface area contributed by atoms with Crippen molar-refractivity contribution in [3.8, 4) is 0 Å². The standard InChI is InChI=1S/C21H21ClF2N4O3S.ClH/c22-17-8-6-16(7-9-17)19-18(15-4-2-1-3-5-15)14-28(25-19)20(29)26-32(30,31)27-12-10-21(23,24)11-13-27;/h1-9,18H,10-14H2,(H,26,29);1H/t18-;/m1./s1. The Balaban J connectivity index is 0.00000306. The summed E-state index contributed by atoms with van der Waals surface area (Å²) in [6.07, 6.45) is -1.17. The first-order valence-corrected chi connectivity index (χ1v) is 11.8. The zero-order valence-electron chi connectivity index (χ0n) is 17.3. The number of carbonyl (C=O) groups excluding carboxylic acids is 1. The summed E-state index contributed by atoms with van der Waals surface area (Å²) in [7, 11) is -4.27. The van der Waals surface area contributed by atoms with Crippen molar-refractivity contribution in [2.45, 2.75) is 24.7 Å². The van der Waals surface area contributed by atoms with Gasteiger partial charge >= 0.3 is 16.2 Å². The van der Waals surface area contributed by atoms with Gasteiger partial charge in [0.2, 0.25) is 0 Å². The van der Waals surface area contributed by atoms with Gasteiger partial charge in [-0.25, -0.2) is 23.3 Å². The van der Waals surface area contributed by atoms with Gasteiger partial charge in [0.05, 0.1) is 12.3 Å². The first kappa shape index (κ1) is 25.4. The van der Waals surface area contributed by atoms with Gasteiger partial charge in [-0.15, -0.1) is 12.4 Å². The molecule has 0 aliphatic carbocycles. The van der Waals surface area contributed by atoms with Crippen molar-refractivity contribution in [1.82, 2.24) is 14.0 Å². The maximum atomic E-state index is 13.4. The highest BCUT2D eigenvalue weighted by Gasteiger charge is 2.40. The van der Waals surface area contributed by atoms with Crippen LogP contribution in [0.1, 0.15) is 29.9 Å². The number of urea groups is 1. The Morgan fingerprint density at radius 2 is 1.67 bits per heavy atom. The van der Waals surface area contributed by atoms with Crippen LogP contribution in [0.4, 0.5) is 13.6 Å². The minimum Gasteiger partial charge on any atom is -0.245 e. The van der Waals surface area contributed by atoms with Gasteiger partial charge in [-0.3, -0.25) is 0 Å². The number of rotatable bonds is 4. The minimum atomic E-state index is -4.27. The molecule has 2 amide bonds. The summed E-state index contributed by atoms with van der Waals surface area (Å²) in [6.45, 7) is -0.593. The van der Waals surface area contributed by atoms with E-state index in [0.717, 1.165) is 20.4 Å². The van der Waals surface area contributed by atoms with Gasteiger partial charge < -0.3 is 0 Å². The molecule has 2 aliphatic heterocycles. The molecule has 4 rings (SSSR count). The molecule has 2 aliphatic rings. The molecular weight excluding hydrogens is 497 g/mol. The first-order valence-electron chi connectivity index (χ1n) is 10.0. The molecule has 0 unspecified atom stereocenters. The summed E-state index contributed by atoms with van der Waals surface area (Å²) < 4.78 is 54.7. The van der Waals surface area contributed by atoms with Gasteiger partial charge in [0.25, 0.3) is 5.92 Å². The van der Waals surface area contributed by atoms with E-state index in [2.05, 4.69) is 5.10 Å². The van der Waals surface area contributed by atoms with E-state index in [-0.39, 0.29) is 38.0 Å². The summed E-state index contributed by atoms with van der Waals surface area (Å²) in [5.41, 5.74) is 2.26. The Labute approximate surface area is 202 Å². The Hall–Kier alpha value is -2.27. The number of amides is 2. The van der Waals surface area contributed by atoms with Crippen molar-refractivity contribution in [3.05, 3.63) is 70.7 Å². The number of hydrazone groups is 1. The van der Waals surface area contributed by atoms with Gasteiger partial charge in [0.15, 0.2) is 0 Å². The molecule has 0 radical (unpaired) electrons. The number of piperidine rings is 1. The van der Waals surface area contributed by atoms with Crippen LogP contribution in [0.5, 0.6) is 0 Å². The van der Waals surface area contributed by atoms with Crippen LogP contribution in [-0.4, -0.2) is 55.0 Å². The fourth-order valence-corrected chi connectivity index (χ4v) is 4.98. The summed E-state index contributed by atoms with van der Waals surface area (Å²) in [5.74, 6) is -3.18. The molecule has 1 fully saturated rings. The summed E-state index contributed by atoms with van der Waals surface area (Å²) >= 11 is 5.98. The molecule has 2 heterocycles. The van der Waals surface area contributed by atoms with Crippen LogP contribution in [0.15, 0.2) is 59.7 Å². The zero-order valence-corrected chi connectivity index (χ0v) is 19.7. The van der Waals surface area contributed by atoms with Gasteiger partial charge in [0.1, 0.15) is 0 Å². The normalized spacial score (nSPS) is 20.6. The van der Waals surface area contributed by atoms with E-state index in [1.165, 1.54) is 0 Å². The minimum absolute atomic E-state index is 0. The Morgan fingerprint density at radius 1 is 1.06 bits per heavy atom. The largest absolute Gasteiger partial charge is 0.352 e. The third-order valence-electron chi connectivity index (χ3n) is 5.50. The Bertz CT molecular complexity index is 1120. The molecule has 12 heteroatoms. The molecule has 0 bridgehead atoms. The monoisotopic (exact) mass is 518 g/mol. The van der Waals surface area contributed by atoms with Crippen LogP contribution < -0.4 is 4.72 Å². The van der Waals surface area contributed by atoms with E-state index in [0.29, 0.717) is 10.7 Å². The average molecular weight is 519 g/mol. The number of nitrogens with one attached hydrogen (secondary N) is 1. The lowest BCUT2D eigenvalue weighted by atomic mass is 9.91. The Kier molecular flexibility index (Phi) is 7.62. The predicted molar refractivity (Wildman–Crippen MR) is 124 cm³/mol. The molecule has 7 nitrogen and oxygen atoms in total. The fraction of sp³-hybridized carbons (Fsp3) is 0.333. The lowest BCUT2D eigenvalue weighted by molar-refractivity contribution is -0.0412. The summed E-state index contributed by atoms with van der Waals surface area (Å²) in [6, 6.07) is 15.5. The van der Waals surface area contributed by atoms with E-state index >= 15 is 0 Å². The lowest BCUT2D eigenvalue weighted by Gasteiger charge is -2.30. The van der Waals surface area contributed by atoms with Gasteiger partial charge in [-0.05, 0) is 23.3 Å². The second kappa shape index (κ2) is 9.92. The van der Waals surface area contributed by atoms with Crippen molar-refractivity contribution >= 4 is 46.0 Å². The number of benzene rings is 2. The highest BCUT2D eigenvalue weighted by atomic mass is 35.5. The molecule has 0 spiro atoms. The number of halogens is 4. The molecular formula is C21H22Cl2F2N4O3S. The third kappa shape index (κ3) is 5.81. The number of nitrogens with zero attached hydrogens (tertiary/aromatic N) is 3. The third-order valence-corrected chi connectivity index (χ3v) is 7.23. The van der Waals surface area contributed by atoms with Gasteiger partial charge in [-0.2, -0.15) is 17.8 Å². The van der Waals surface area contributed by atoms with Crippen LogP contribution in [0, 0.1) is 0 Å². The van der Waals surface area contributed by atoms with E-state index in [1.54, 1.807) is 24.3 Å². The Morgan fingerprint density at radius 3 is 2.27 bits per heavy atom. The van der Waals surface area contributed by atoms with Crippen molar-refractivity contribution < 1.29 is 22.0 Å². The molecule has 1 atom stereocenters. The predicted octanol–water partition coefficient (Wildman–Crippen LogP) is 4.25. The topological polar surface area (TPSA) is 82.1 Å². The van der Waals surface area contributed by atoms with E-state index < -0.39 is 35.0 Å². The average Bonchev–Trinajstić information content (AvgIpc) is 3.20. The summed E-state index contributed by atoms with van der Waals surface area (Å²) in [5, 5.41) is 6.00. The molecule has 33 heavy (non-hydrogen) atoms. The highest BCUT2D eigenvalue weighted by Crippen LogP contribution is 2.30. The van der Waals surface area contributed by atoms with E-state index in [4.69, 9.17) is 11.6 Å². The van der Waals surface area contributed by atoms with Crippen LogP contribution in [-0.2, 0) is 10.2 Å². The SMILES string of the molecule is Cl.O=C(NS(=O)(=O)N1CCC(F)(F)CC1)N1C[C@H](c2ccccc2)C(c2ccc(Cl)cc2)=N1. The smallest absolute Gasteiger partial charge is 0.245 e. The maximum absolute atomic E-state index is 13.4.